The van der Waals surface area contributed by atoms with Gasteiger partial charge in [0.1, 0.15) is 0 Å². The molecule has 0 bridgehead atoms. The van der Waals surface area contributed by atoms with Crippen LogP contribution in [0.2, 0.25) is 0 Å². The lowest BCUT2D eigenvalue weighted by atomic mass is 10.1. The number of hydrogen-bond donors (Lipinski definition) is 2. The first kappa shape index (κ1) is 16.8. The van der Waals surface area contributed by atoms with Crippen LogP contribution in [0.3, 0.4) is 0 Å². The molecule has 0 aliphatic carbocycles. The van der Waals surface area contributed by atoms with Gasteiger partial charge in [-0.05, 0) is 36.3 Å². The van der Waals surface area contributed by atoms with Gasteiger partial charge in [-0.25, -0.2) is 13.1 Å². The molecule has 1 aliphatic rings. The van der Waals surface area contributed by atoms with E-state index in [4.69, 9.17) is 0 Å². The summed E-state index contributed by atoms with van der Waals surface area (Å²) in [5.74, 6) is 2.10. The zero-order chi connectivity index (χ0) is 15.1. The van der Waals surface area contributed by atoms with Crippen LogP contribution in [0.5, 0.6) is 0 Å². The molecule has 1 saturated heterocycles. The fourth-order valence-electron chi connectivity index (χ4n) is 2.45. The summed E-state index contributed by atoms with van der Waals surface area (Å²) < 4.78 is 27.4. The van der Waals surface area contributed by atoms with Gasteiger partial charge in [0.2, 0.25) is 10.0 Å². The number of rotatable bonds is 7. The molecule has 1 aliphatic heterocycles. The van der Waals surface area contributed by atoms with E-state index in [0.29, 0.717) is 0 Å². The first-order valence-electron chi connectivity index (χ1n) is 7.45. The summed E-state index contributed by atoms with van der Waals surface area (Å²) in [6.07, 6.45) is 2.04. The number of nitrogens with one attached hydrogen (secondary N) is 2. The SMILES string of the molecule is CCNCc1cccc(CS(=O)(=O)NC2CCCSC2)c1. The predicted octanol–water partition coefficient (Wildman–Crippen LogP) is 2.11. The molecular formula is C15H24N2O2S2. The van der Waals surface area contributed by atoms with Crippen molar-refractivity contribution in [2.24, 2.45) is 0 Å². The van der Waals surface area contributed by atoms with Crippen molar-refractivity contribution in [1.82, 2.24) is 10.0 Å². The molecule has 0 radical (unpaired) electrons. The van der Waals surface area contributed by atoms with Crippen molar-refractivity contribution in [3.8, 4) is 0 Å². The summed E-state index contributed by atoms with van der Waals surface area (Å²) in [5, 5.41) is 3.25. The largest absolute Gasteiger partial charge is 0.313 e. The van der Waals surface area contributed by atoms with Crippen LogP contribution in [0.25, 0.3) is 0 Å². The van der Waals surface area contributed by atoms with Gasteiger partial charge in [0.25, 0.3) is 0 Å². The van der Waals surface area contributed by atoms with Crippen molar-refractivity contribution < 1.29 is 8.42 Å². The topological polar surface area (TPSA) is 58.2 Å². The van der Waals surface area contributed by atoms with Gasteiger partial charge in [-0.1, -0.05) is 31.2 Å². The highest BCUT2D eigenvalue weighted by Crippen LogP contribution is 2.18. The van der Waals surface area contributed by atoms with E-state index in [1.807, 2.05) is 36.0 Å². The summed E-state index contributed by atoms with van der Waals surface area (Å²) in [6.45, 7) is 3.74. The Labute approximate surface area is 132 Å². The molecule has 0 saturated carbocycles. The van der Waals surface area contributed by atoms with E-state index in [0.717, 1.165) is 48.6 Å². The van der Waals surface area contributed by atoms with Crippen LogP contribution in [-0.2, 0) is 22.3 Å². The molecule has 2 rings (SSSR count). The summed E-state index contributed by atoms with van der Waals surface area (Å²) in [5.41, 5.74) is 1.97. The third-order valence-electron chi connectivity index (χ3n) is 3.43. The van der Waals surface area contributed by atoms with Crippen molar-refractivity contribution in [1.29, 1.82) is 0 Å². The molecule has 0 amide bonds. The molecule has 6 heteroatoms. The first-order valence-corrected chi connectivity index (χ1v) is 10.3. The zero-order valence-corrected chi connectivity index (χ0v) is 14.1. The summed E-state index contributed by atoms with van der Waals surface area (Å²) >= 11 is 1.83. The van der Waals surface area contributed by atoms with Crippen molar-refractivity contribution >= 4 is 21.8 Å². The molecule has 1 atom stereocenters. The minimum absolute atomic E-state index is 0.0636. The van der Waals surface area contributed by atoms with Crippen molar-refractivity contribution in [3.05, 3.63) is 35.4 Å². The van der Waals surface area contributed by atoms with Gasteiger partial charge < -0.3 is 5.32 Å². The minimum Gasteiger partial charge on any atom is -0.313 e. The van der Waals surface area contributed by atoms with Crippen LogP contribution < -0.4 is 10.0 Å². The lowest BCUT2D eigenvalue weighted by Gasteiger charge is -2.22. The Morgan fingerprint density at radius 2 is 2.14 bits per heavy atom. The van der Waals surface area contributed by atoms with E-state index in [9.17, 15) is 8.42 Å². The van der Waals surface area contributed by atoms with E-state index in [-0.39, 0.29) is 11.8 Å². The molecule has 0 aromatic heterocycles. The van der Waals surface area contributed by atoms with Gasteiger partial charge in [0.05, 0.1) is 5.75 Å². The normalized spacial score (nSPS) is 19.6. The highest BCUT2D eigenvalue weighted by atomic mass is 32.2. The van der Waals surface area contributed by atoms with Crippen LogP contribution in [0.4, 0.5) is 0 Å². The van der Waals surface area contributed by atoms with Crippen LogP contribution >= 0.6 is 11.8 Å². The fourth-order valence-corrected chi connectivity index (χ4v) is 5.04. The van der Waals surface area contributed by atoms with Crippen molar-refractivity contribution in [3.63, 3.8) is 0 Å². The Balaban J connectivity index is 1.95. The fraction of sp³-hybridized carbons (Fsp3) is 0.600. The number of thioether (sulfide) groups is 1. The first-order chi connectivity index (χ1) is 10.1. The van der Waals surface area contributed by atoms with E-state index >= 15 is 0 Å². The summed E-state index contributed by atoms with van der Waals surface area (Å²) in [7, 11) is -3.26. The van der Waals surface area contributed by atoms with Gasteiger partial charge in [-0.2, -0.15) is 11.8 Å². The molecule has 1 aromatic carbocycles. The van der Waals surface area contributed by atoms with Gasteiger partial charge in [0, 0.05) is 18.3 Å². The average molecular weight is 329 g/mol. The highest BCUT2D eigenvalue weighted by Gasteiger charge is 2.20. The second-order valence-electron chi connectivity index (χ2n) is 5.39. The zero-order valence-electron chi connectivity index (χ0n) is 12.5. The standard InChI is InChI=1S/C15H24N2O2S2/c1-2-16-10-13-5-3-6-14(9-13)12-21(18,19)17-15-7-4-8-20-11-15/h3,5-6,9,15-17H,2,4,7-8,10-12H2,1H3. The highest BCUT2D eigenvalue weighted by molar-refractivity contribution is 7.99. The lowest BCUT2D eigenvalue weighted by molar-refractivity contribution is 0.542. The van der Waals surface area contributed by atoms with Gasteiger partial charge in [0.15, 0.2) is 0 Å². The number of benzene rings is 1. The maximum Gasteiger partial charge on any atom is 0.216 e. The third-order valence-corrected chi connectivity index (χ3v) is 6.05. The van der Waals surface area contributed by atoms with E-state index in [1.165, 1.54) is 0 Å². The molecule has 2 N–H and O–H groups in total. The quantitative estimate of drug-likeness (QED) is 0.805. The Morgan fingerprint density at radius 3 is 2.86 bits per heavy atom. The second-order valence-corrected chi connectivity index (χ2v) is 8.29. The molecule has 1 fully saturated rings. The van der Waals surface area contributed by atoms with Crippen LogP contribution in [-0.4, -0.2) is 32.5 Å². The third kappa shape index (κ3) is 5.98. The van der Waals surface area contributed by atoms with E-state index in [2.05, 4.69) is 17.0 Å². The molecular weight excluding hydrogens is 304 g/mol. The lowest BCUT2D eigenvalue weighted by Crippen LogP contribution is -2.38. The molecule has 118 valence electrons. The molecule has 1 aromatic rings. The van der Waals surface area contributed by atoms with Crippen LogP contribution in [0.1, 0.15) is 30.9 Å². The smallest absolute Gasteiger partial charge is 0.216 e. The number of sulfonamides is 1. The van der Waals surface area contributed by atoms with E-state index < -0.39 is 10.0 Å². The Hall–Kier alpha value is -0.560. The molecule has 0 spiro atoms. The maximum atomic E-state index is 12.3. The van der Waals surface area contributed by atoms with E-state index in [1.54, 1.807) is 0 Å². The molecule has 1 heterocycles. The maximum absolute atomic E-state index is 12.3. The van der Waals surface area contributed by atoms with Gasteiger partial charge >= 0.3 is 0 Å². The Morgan fingerprint density at radius 1 is 1.33 bits per heavy atom. The second kappa shape index (κ2) is 8.17. The molecule has 1 unspecified atom stereocenters. The number of hydrogen-bond acceptors (Lipinski definition) is 4. The van der Waals surface area contributed by atoms with Gasteiger partial charge in [-0.15, -0.1) is 0 Å². The molecule has 4 nitrogen and oxygen atoms in total. The predicted molar refractivity (Wildman–Crippen MR) is 89.9 cm³/mol. The Bertz CT molecular complexity index is 540. The summed E-state index contributed by atoms with van der Waals surface area (Å²) in [6, 6.07) is 7.89. The average Bonchev–Trinajstić information content (AvgIpc) is 2.45. The van der Waals surface area contributed by atoms with Crippen LogP contribution in [0, 0.1) is 0 Å². The molecule has 21 heavy (non-hydrogen) atoms. The monoisotopic (exact) mass is 328 g/mol. The van der Waals surface area contributed by atoms with Crippen molar-refractivity contribution in [2.45, 2.75) is 38.1 Å². The Kier molecular flexibility index (Phi) is 6.54. The van der Waals surface area contributed by atoms with Crippen LogP contribution in [0.15, 0.2) is 24.3 Å². The van der Waals surface area contributed by atoms with Gasteiger partial charge in [-0.3, -0.25) is 0 Å². The summed E-state index contributed by atoms with van der Waals surface area (Å²) in [4.78, 5) is 0. The van der Waals surface area contributed by atoms with Crippen molar-refractivity contribution in [2.75, 3.05) is 18.1 Å². The minimum atomic E-state index is -3.26.